The van der Waals surface area contributed by atoms with Crippen molar-refractivity contribution in [1.29, 1.82) is 0 Å². The van der Waals surface area contributed by atoms with E-state index in [-0.39, 0.29) is 11.3 Å². The Balaban J connectivity index is 1.97. The van der Waals surface area contributed by atoms with Gasteiger partial charge in [0.2, 0.25) is 0 Å². The van der Waals surface area contributed by atoms with Crippen LogP contribution in [-0.2, 0) is 10.3 Å². The van der Waals surface area contributed by atoms with E-state index >= 15 is 0 Å². The highest BCUT2D eigenvalue weighted by molar-refractivity contribution is 14.1. The zero-order valence-corrected chi connectivity index (χ0v) is 18.0. The molecule has 1 aliphatic heterocycles. The van der Waals surface area contributed by atoms with Gasteiger partial charge in [-0.2, -0.15) is 0 Å². The van der Waals surface area contributed by atoms with Crippen LogP contribution in [0.1, 0.15) is 35.2 Å². The van der Waals surface area contributed by atoms with Crippen LogP contribution in [0.4, 0.5) is 0 Å². The topological polar surface area (TPSA) is 63.1 Å². The third-order valence-corrected chi connectivity index (χ3v) is 6.02. The lowest BCUT2D eigenvalue weighted by Gasteiger charge is -2.32. The first-order valence-corrected chi connectivity index (χ1v) is 10.5. The Kier molecular flexibility index (Phi) is 6.21. The molecule has 0 bridgehead atoms. The number of phenols is 1. The van der Waals surface area contributed by atoms with E-state index in [0.717, 1.165) is 41.5 Å². The highest BCUT2D eigenvalue weighted by atomic mass is 127. The third-order valence-electron chi connectivity index (χ3n) is 4.58. The standard InChI is InChI=1S/C19H19I2NO3/c20-14-11-15(17(23)16(21)12-14)18(24)25-19(7-4-9-22-10-8-19)13-5-2-1-3-6-13/h1-3,5-6,11-12,22-23H,4,7-10H2/p+1. The maximum absolute atomic E-state index is 12.9. The van der Waals surface area contributed by atoms with Gasteiger partial charge in [-0.15, -0.1) is 0 Å². The Bertz CT molecular complexity index is 757. The molecule has 6 heteroatoms. The molecule has 0 spiro atoms. The number of rotatable bonds is 3. The molecule has 1 aliphatic rings. The van der Waals surface area contributed by atoms with Crippen LogP contribution in [-0.4, -0.2) is 24.2 Å². The lowest BCUT2D eigenvalue weighted by atomic mass is 9.86. The molecule has 1 saturated heterocycles. The SMILES string of the molecule is O=C(OC1(c2ccccc2)CCC[NH2+]CC1)c1cc(I)cc(I)c1O. The quantitative estimate of drug-likeness (QED) is 0.444. The summed E-state index contributed by atoms with van der Waals surface area (Å²) in [6, 6.07) is 13.5. The summed E-state index contributed by atoms with van der Waals surface area (Å²) in [5, 5.41) is 12.6. The number of nitrogens with two attached hydrogens (primary N) is 1. The van der Waals surface area contributed by atoms with E-state index in [9.17, 15) is 9.90 Å². The van der Waals surface area contributed by atoms with Crippen molar-refractivity contribution in [3.8, 4) is 5.75 Å². The minimum absolute atomic E-state index is 0.00517. The van der Waals surface area contributed by atoms with E-state index in [1.807, 2.05) is 59.0 Å². The van der Waals surface area contributed by atoms with Crippen molar-refractivity contribution in [3.63, 3.8) is 0 Å². The normalized spacial score (nSPS) is 20.7. The second-order valence-corrected chi connectivity index (χ2v) is 8.66. The Morgan fingerprint density at radius 2 is 1.88 bits per heavy atom. The maximum atomic E-state index is 12.9. The number of benzene rings is 2. The highest BCUT2D eigenvalue weighted by Crippen LogP contribution is 2.37. The van der Waals surface area contributed by atoms with Gasteiger partial charge in [0.15, 0.2) is 0 Å². The first kappa shape index (κ1) is 18.9. The van der Waals surface area contributed by atoms with E-state index in [1.54, 1.807) is 6.07 Å². The average Bonchev–Trinajstić information content (AvgIpc) is 2.85. The molecule has 1 heterocycles. The van der Waals surface area contributed by atoms with Gasteiger partial charge >= 0.3 is 5.97 Å². The van der Waals surface area contributed by atoms with Crippen LogP contribution >= 0.6 is 45.2 Å². The van der Waals surface area contributed by atoms with Crippen LogP contribution in [0.2, 0.25) is 0 Å². The molecule has 4 nitrogen and oxygen atoms in total. The second-order valence-electron chi connectivity index (χ2n) is 6.25. The number of esters is 1. The number of aromatic hydroxyl groups is 1. The molecule has 0 amide bonds. The molecule has 2 aromatic rings. The number of ether oxygens (including phenoxy) is 1. The van der Waals surface area contributed by atoms with Crippen molar-refractivity contribution >= 4 is 51.2 Å². The first-order chi connectivity index (χ1) is 12.0. The van der Waals surface area contributed by atoms with Crippen LogP contribution in [0.3, 0.4) is 0 Å². The first-order valence-electron chi connectivity index (χ1n) is 8.30. The molecule has 0 aliphatic carbocycles. The summed E-state index contributed by atoms with van der Waals surface area (Å²) in [7, 11) is 0. The van der Waals surface area contributed by atoms with E-state index < -0.39 is 11.6 Å². The Hall–Kier alpha value is -0.870. The molecule has 0 saturated carbocycles. The zero-order valence-electron chi connectivity index (χ0n) is 13.7. The lowest BCUT2D eigenvalue weighted by molar-refractivity contribution is -0.653. The molecule has 3 N–H and O–H groups in total. The minimum atomic E-state index is -0.634. The molecular formula is C19H20I2NO3+. The van der Waals surface area contributed by atoms with Crippen LogP contribution in [0, 0.1) is 7.14 Å². The summed E-state index contributed by atoms with van der Waals surface area (Å²) >= 11 is 4.18. The van der Waals surface area contributed by atoms with Crippen molar-refractivity contribution in [2.45, 2.75) is 24.9 Å². The number of halogens is 2. The second kappa shape index (κ2) is 8.22. The molecule has 1 fully saturated rings. The summed E-state index contributed by atoms with van der Waals surface area (Å²) in [6.07, 6.45) is 2.55. The molecular weight excluding hydrogens is 544 g/mol. The van der Waals surface area contributed by atoms with Gasteiger partial charge in [0, 0.05) is 16.4 Å². The number of hydrogen-bond acceptors (Lipinski definition) is 3. The summed E-state index contributed by atoms with van der Waals surface area (Å²) in [4.78, 5) is 12.9. The molecule has 2 aromatic carbocycles. The van der Waals surface area contributed by atoms with Crippen LogP contribution in [0.25, 0.3) is 0 Å². The summed E-state index contributed by atoms with van der Waals surface area (Å²) < 4.78 is 7.65. The molecule has 1 atom stereocenters. The van der Waals surface area contributed by atoms with Gasteiger partial charge < -0.3 is 15.2 Å². The largest absolute Gasteiger partial charge is 0.506 e. The fourth-order valence-corrected chi connectivity index (χ4v) is 5.13. The van der Waals surface area contributed by atoms with Gasteiger partial charge in [-0.3, -0.25) is 0 Å². The third kappa shape index (κ3) is 4.28. The average molecular weight is 564 g/mol. The summed E-state index contributed by atoms with van der Waals surface area (Å²) in [5.41, 5.74) is 0.628. The number of quaternary nitrogens is 1. The highest BCUT2D eigenvalue weighted by Gasteiger charge is 2.38. The fourth-order valence-electron chi connectivity index (χ4n) is 3.28. The predicted octanol–water partition coefficient (Wildman–Crippen LogP) is 3.40. The molecule has 3 rings (SSSR count). The van der Waals surface area contributed by atoms with Gasteiger partial charge in [0.25, 0.3) is 0 Å². The number of carbonyl (C=O) groups excluding carboxylic acids is 1. The smallest absolute Gasteiger partial charge is 0.342 e. The van der Waals surface area contributed by atoms with Crippen molar-refractivity contribution in [2.24, 2.45) is 0 Å². The summed E-state index contributed by atoms with van der Waals surface area (Å²) in [5.74, 6) is -0.464. The van der Waals surface area contributed by atoms with E-state index in [1.165, 1.54) is 0 Å². The summed E-state index contributed by atoms with van der Waals surface area (Å²) in [6.45, 7) is 1.95. The fraction of sp³-hybridized carbons (Fsp3) is 0.316. The number of hydrogen-bond donors (Lipinski definition) is 2. The Labute approximate surface area is 174 Å². The Morgan fingerprint density at radius 3 is 2.64 bits per heavy atom. The molecule has 0 radical (unpaired) electrons. The van der Waals surface area contributed by atoms with Gasteiger partial charge in [-0.25, -0.2) is 4.79 Å². The Morgan fingerprint density at radius 1 is 1.12 bits per heavy atom. The van der Waals surface area contributed by atoms with Gasteiger partial charge in [-0.1, -0.05) is 30.3 Å². The zero-order chi connectivity index (χ0) is 17.9. The molecule has 132 valence electrons. The van der Waals surface area contributed by atoms with Gasteiger partial charge in [0.05, 0.1) is 16.7 Å². The van der Waals surface area contributed by atoms with Crippen molar-refractivity contribution in [2.75, 3.05) is 13.1 Å². The van der Waals surface area contributed by atoms with Crippen LogP contribution in [0.5, 0.6) is 5.75 Å². The maximum Gasteiger partial charge on any atom is 0.342 e. The minimum Gasteiger partial charge on any atom is -0.506 e. The van der Waals surface area contributed by atoms with Crippen LogP contribution < -0.4 is 5.32 Å². The van der Waals surface area contributed by atoms with E-state index in [2.05, 4.69) is 27.9 Å². The number of phenolic OH excluding ortho intramolecular Hbond substituents is 1. The number of carbonyl (C=O) groups is 1. The van der Waals surface area contributed by atoms with Gasteiger partial charge in [0.1, 0.15) is 16.9 Å². The van der Waals surface area contributed by atoms with Crippen molar-refractivity contribution in [1.82, 2.24) is 0 Å². The lowest BCUT2D eigenvalue weighted by Crippen LogP contribution is -2.84. The monoisotopic (exact) mass is 564 g/mol. The predicted molar refractivity (Wildman–Crippen MR) is 113 cm³/mol. The van der Waals surface area contributed by atoms with E-state index in [0.29, 0.717) is 3.57 Å². The van der Waals surface area contributed by atoms with Crippen molar-refractivity contribution < 1.29 is 20.0 Å². The van der Waals surface area contributed by atoms with Crippen molar-refractivity contribution in [3.05, 3.63) is 60.7 Å². The van der Waals surface area contributed by atoms with Gasteiger partial charge in [-0.05, 0) is 69.3 Å². The van der Waals surface area contributed by atoms with Crippen LogP contribution in [0.15, 0.2) is 42.5 Å². The molecule has 25 heavy (non-hydrogen) atoms. The molecule has 0 aromatic heterocycles. The van der Waals surface area contributed by atoms with E-state index in [4.69, 9.17) is 4.74 Å². The molecule has 1 unspecified atom stereocenters.